The number of aliphatic hydroxyl groups is 1. The SMILES string of the molecule is CC(C)CC(NC(=O)C(O)C(Cc1ccccc1)[N+](=O)[O-])C(=O)O. The monoisotopic (exact) mass is 338 g/mol. The molecule has 0 radical (unpaired) electrons. The number of aliphatic hydroxyl groups excluding tert-OH is 1. The van der Waals surface area contributed by atoms with E-state index in [1.807, 2.05) is 0 Å². The summed E-state index contributed by atoms with van der Waals surface area (Å²) in [6, 6.07) is 5.69. The van der Waals surface area contributed by atoms with Crippen molar-refractivity contribution >= 4 is 11.9 Å². The Balaban J connectivity index is 2.82. The third-order valence-corrected chi connectivity index (χ3v) is 3.51. The first-order valence-corrected chi connectivity index (χ1v) is 7.61. The van der Waals surface area contributed by atoms with Crippen LogP contribution >= 0.6 is 0 Å². The van der Waals surface area contributed by atoms with Gasteiger partial charge in [-0.1, -0.05) is 44.2 Å². The van der Waals surface area contributed by atoms with Gasteiger partial charge in [0.25, 0.3) is 11.9 Å². The molecule has 0 saturated heterocycles. The Morgan fingerprint density at radius 2 is 1.83 bits per heavy atom. The van der Waals surface area contributed by atoms with E-state index in [9.17, 15) is 24.8 Å². The van der Waals surface area contributed by atoms with E-state index >= 15 is 0 Å². The first-order chi connectivity index (χ1) is 11.2. The zero-order valence-electron chi connectivity index (χ0n) is 13.6. The fourth-order valence-corrected chi connectivity index (χ4v) is 2.28. The van der Waals surface area contributed by atoms with Crippen molar-refractivity contribution in [3.8, 4) is 0 Å². The lowest BCUT2D eigenvalue weighted by atomic mass is 10.00. The molecule has 0 aliphatic heterocycles. The van der Waals surface area contributed by atoms with Crippen molar-refractivity contribution in [3.63, 3.8) is 0 Å². The maximum Gasteiger partial charge on any atom is 0.326 e. The Hall–Kier alpha value is -2.48. The molecule has 0 spiro atoms. The highest BCUT2D eigenvalue weighted by molar-refractivity contribution is 5.86. The van der Waals surface area contributed by atoms with Crippen LogP contribution in [0.15, 0.2) is 30.3 Å². The Labute approximate surface area is 139 Å². The number of nitrogens with one attached hydrogen (secondary N) is 1. The fraction of sp³-hybridized carbons (Fsp3) is 0.500. The summed E-state index contributed by atoms with van der Waals surface area (Å²) in [5.41, 5.74) is 0.600. The molecule has 0 fully saturated rings. The first kappa shape index (κ1) is 19.6. The van der Waals surface area contributed by atoms with Crippen LogP contribution in [0.25, 0.3) is 0 Å². The van der Waals surface area contributed by atoms with E-state index in [0.29, 0.717) is 5.56 Å². The number of carbonyl (C=O) groups excluding carboxylic acids is 1. The van der Waals surface area contributed by atoms with E-state index in [2.05, 4.69) is 5.32 Å². The average Bonchev–Trinajstić information content (AvgIpc) is 2.51. The summed E-state index contributed by atoms with van der Waals surface area (Å²) in [7, 11) is 0. The molecule has 0 bridgehead atoms. The van der Waals surface area contributed by atoms with E-state index in [-0.39, 0.29) is 18.8 Å². The summed E-state index contributed by atoms with van der Waals surface area (Å²) in [5, 5.41) is 32.5. The molecule has 3 N–H and O–H groups in total. The van der Waals surface area contributed by atoms with Gasteiger partial charge in [-0.15, -0.1) is 0 Å². The minimum Gasteiger partial charge on any atom is -0.480 e. The second-order valence-corrected chi connectivity index (χ2v) is 6.02. The molecule has 0 aliphatic rings. The van der Waals surface area contributed by atoms with Gasteiger partial charge in [-0.25, -0.2) is 4.79 Å². The number of benzene rings is 1. The van der Waals surface area contributed by atoms with Crippen molar-refractivity contribution in [1.29, 1.82) is 0 Å². The summed E-state index contributed by atoms with van der Waals surface area (Å²) in [6.07, 6.45) is -1.91. The highest BCUT2D eigenvalue weighted by Gasteiger charge is 2.37. The van der Waals surface area contributed by atoms with Crippen molar-refractivity contribution < 1.29 is 24.7 Å². The van der Waals surface area contributed by atoms with Crippen LogP contribution in [-0.4, -0.2) is 45.2 Å². The molecule has 8 heteroatoms. The number of hydrogen-bond acceptors (Lipinski definition) is 5. The van der Waals surface area contributed by atoms with Crippen LogP contribution in [0.3, 0.4) is 0 Å². The molecule has 1 rings (SSSR count). The quantitative estimate of drug-likeness (QED) is 0.452. The molecule has 3 atom stereocenters. The molecule has 0 saturated carbocycles. The zero-order chi connectivity index (χ0) is 18.3. The van der Waals surface area contributed by atoms with Gasteiger partial charge in [-0.2, -0.15) is 0 Å². The van der Waals surface area contributed by atoms with Crippen LogP contribution in [0.5, 0.6) is 0 Å². The average molecular weight is 338 g/mol. The Morgan fingerprint density at radius 1 is 1.25 bits per heavy atom. The second-order valence-electron chi connectivity index (χ2n) is 6.02. The van der Waals surface area contributed by atoms with E-state index < -0.39 is 35.0 Å². The van der Waals surface area contributed by atoms with Gasteiger partial charge in [0.15, 0.2) is 0 Å². The van der Waals surface area contributed by atoms with Gasteiger partial charge in [0, 0.05) is 11.3 Å². The smallest absolute Gasteiger partial charge is 0.326 e. The number of nitrogens with zero attached hydrogens (tertiary/aromatic N) is 1. The number of carboxylic acids is 1. The summed E-state index contributed by atoms with van der Waals surface area (Å²) in [6.45, 7) is 3.57. The number of hydrogen-bond donors (Lipinski definition) is 3. The van der Waals surface area contributed by atoms with E-state index in [1.165, 1.54) is 0 Å². The molecule has 0 aromatic heterocycles. The van der Waals surface area contributed by atoms with Crippen molar-refractivity contribution in [2.45, 2.75) is 44.9 Å². The van der Waals surface area contributed by atoms with E-state index in [4.69, 9.17) is 5.11 Å². The van der Waals surface area contributed by atoms with Crippen molar-refractivity contribution in [2.24, 2.45) is 5.92 Å². The molecule has 1 aromatic carbocycles. The highest BCUT2D eigenvalue weighted by Crippen LogP contribution is 2.11. The van der Waals surface area contributed by atoms with E-state index in [1.54, 1.807) is 44.2 Å². The van der Waals surface area contributed by atoms with Gasteiger partial charge < -0.3 is 15.5 Å². The van der Waals surface area contributed by atoms with Gasteiger partial charge in [-0.05, 0) is 17.9 Å². The predicted molar refractivity (Wildman–Crippen MR) is 86.0 cm³/mol. The lowest BCUT2D eigenvalue weighted by molar-refractivity contribution is -0.530. The summed E-state index contributed by atoms with van der Waals surface area (Å²) >= 11 is 0. The number of rotatable bonds is 9. The second kappa shape index (κ2) is 8.97. The van der Waals surface area contributed by atoms with Crippen molar-refractivity contribution in [3.05, 3.63) is 46.0 Å². The fourth-order valence-electron chi connectivity index (χ4n) is 2.28. The first-order valence-electron chi connectivity index (χ1n) is 7.61. The van der Waals surface area contributed by atoms with Crippen molar-refractivity contribution in [2.75, 3.05) is 0 Å². The summed E-state index contributed by atoms with van der Waals surface area (Å²) < 4.78 is 0. The molecule has 0 aliphatic carbocycles. The zero-order valence-corrected chi connectivity index (χ0v) is 13.6. The molecule has 8 nitrogen and oxygen atoms in total. The largest absolute Gasteiger partial charge is 0.480 e. The van der Waals surface area contributed by atoms with Crippen LogP contribution in [0.2, 0.25) is 0 Å². The molecular formula is C16H22N2O6. The standard InChI is InChI=1S/C16H22N2O6/c1-10(2)8-12(16(21)22)17-15(20)14(19)13(18(23)24)9-11-6-4-3-5-7-11/h3-7,10,12-14,19H,8-9H2,1-2H3,(H,17,20)(H,21,22). The minimum absolute atomic E-state index is 0.000765. The maximum absolute atomic E-state index is 12.0. The Morgan fingerprint density at radius 3 is 2.29 bits per heavy atom. The molecule has 3 unspecified atom stereocenters. The predicted octanol–water partition coefficient (Wildman–Crippen LogP) is 0.851. The number of aliphatic carboxylic acids is 1. The number of carbonyl (C=O) groups is 2. The number of carboxylic acid groups (broad SMARTS) is 1. The van der Waals surface area contributed by atoms with Gasteiger partial charge in [0.1, 0.15) is 6.04 Å². The van der Waals surface area contributed by atoms with Crippen LogP contribution < -0.4 is 5.32 Å². The molecule has 132 valence electrons. The maximum atomic E-state index is 12.0. The lowest BCUT2D eigenvalue weighted by Gasteiger charge is -2.20. The van der Waals surface area contributed by atoms with Crippen LogP contribution in [-0.2, 0) is 16.0 Å². The van der Waals surface area contributed by atoms with Crippen molar-refractivity contribution in [1.82, 2.24) is 5.32 Å². The summed E-state index contributed by atoms with van der Waals surface area (Å²) in [4.78, 5) is 33.7. The van der Waals surface area contributed by atoms with E-state index in [0.717, 1.165) is 0 Å². The molecule has 24 heavy (non-hydrogen) atoms. The lowest BCUT2D eigenvalue weighted by Crippen LogP contribution is -2.51. The Kier molecular flexibility index (Phi) is 7.31. The van der Waals surface area contributed by atoms with Gasteiger partial charge in [0.05, 0.1) is 0 Å². The van der Waals surface area contributed by atoms with Crippen LogP contribution in [0, 0.1) is 16.0 Å². The van der Waals surface area contributed by atoms with Gasteiger partial charge in [-0.3, -0.25) is 14.9 Å². The normalized spacial score (nSPS) is 14.7. The van der Waals surface area contributed by atoms with Gasteiger partial charge >= 0.3 is 5.97 Å². The van der Waals surface area contributed by atoms with Crippen LogP contribution in [0.1, 0.15) is 25.8 Å². The molecule has 1 amide bonds. The highest BCUT2D eigenvalue weighted by atomic mass is 16.6. The van der Waals surface area contributed by atoms with Crippen LogP contribution in [0.4, 0.5) is 0 Å². The number of amides is 1. The number of nitro groups is 1. The third kappa shape index (κ3) is 5.96. The topological polar surface area (TPSA) is 130 Å². The Bertz CT molecular complexity index is 575. The van der Waals surface area contributed by atoms with Gasteiger partial charge in [0.2, 0.25) is 6.10 Å². The molecule has 0 heterocycles. The summed E-state index contributed by atoms with van der Waals surface area (Å²) in [5.74, 6) is -2.30. The minimum atomic E-state index is -1.94. The third-order valence-electron chi connectivity index (χ3n) is 3.51. The molecular weight excluding hydrogens is 316 g/mol. The molecule has 1 aromatic rings.